The Morgan fingerprint density at radius 2 is 1.86 bits per heavy atom. The number of nitriles is 1. The third-order valence-electron chi connectivity index (χ3n) is 3.94. The van der Waals surface area contributed by atoms with Gasteiger partial charge in [-0.15, -0.1) is 0 Å². The fourth-order valence-electron chi connectivity index (χ4n) is 2.75. The van der Waals surface area contributed by atoms with E-state index in [2.05, 4.69) is 5.32 Å². The Bertz CT molecular complexity index is 700. The molecule has 1 N–H and O–H groups in total. The summed E-state index contributed by atoms with van der Waals surface area (Å²) in [6.45, 7) is 0. The molecule has 1 fully saturated rings. The fraction of sp³-hybridized carbons (Fsp3) is 0.235. The topological polar surface area (TPSA) is 35.8 Å². The zero-order valence-corrected chi connectivity index (χ0v) is 11.3. The van der Waals surface area contributed by atoms with Gasteiger partial charge in [-0.3, -0.25) is 0 Å². The van der Waals surface area contributed by atoms with E-state index in [-0.39, 0.29) is 17.4 Å². The predicted octanol–water partition coefficient (Wildman–Crippen LogP) is 4.19. The highest BCUT2D eigenvalue weighted by Gasteiger charge is 2.31. The van der Waals surface area contributed by atoms with Crippen LogP contribution in [0.2, 0.25) is 0 Å². The quantitative estimate of drug-likeness (QED) is 0.917. The second-order valence-electron chi connectivity index (χ2n) is 5.34. The first-order chi connectivity index (χ1) is 10.2. The normalized spacial score (nSPS) is 20.4. The molecule has 0 aromatic heterocycles. The third-order valence-corrected chi connectivity index (χ3v) is 3.94. The van der Waals surface area contributed by atoms with E-state index in [1.54, 1.807) is 24.3 Å². The van der Waals surface area contributed by atoms with E-state index >= 15 is 0 Å². The molecule has 0 heterocycles. The maximum absolute atomic E-state index is 13.5. The average Bonchev–Trinajstić information content (AvgIpc) is 2.42. The van der Waals surface area contributed by atoms with Crippen LogP contribution in [-0.2, 0) is 0 Å². The number of hydrogen-bond donors (Lipinski definition) is 1. The summed E-state index contributed by atoms with van der Waals surface area (Å²) in [6.07, 6.45) is 1.70. The molecule has 2 nitrogen and oxygen atoms in total. The van der Waals surface area contributed by atoms with Crippen molar-refractivity contribution in [2.45, 2.75) is 24.8 Å². The van der Waals surface area contributed by atoms with Gasteiger partial charge in [0.15, 0.2) is 0 Å². The molecular formula is C17H14F2N2. The summed E-state index contributed by atoms with van der Waals surface area (Å²) in [6, 6.07) is 13.3. The Morgan fingerprint density at radius 1 is 1.10 bits per heavy atom. The summed E-state index contributed by atoms with van der Waals surface area (Å²) in [4.78, 5) is 0. The van der Waals surface area contributed by atoms with Crippen molar-refractivity contribution >= 4 is 5.69 Å². The Balaban J connectivity index is 1.66. The summed E-state index contributed by atoms with van der Waals surface area (Å²) < 4.78 is 26.7. The van der Waals surface area contributed by atoms with Gasteiger partial charge in [0.2, 0.25) is 0 Å². The molecule has 0 spiro atoms. The highest BCUT2D eigenvalue weighted by atomic mass is 19.1. The number of anilines is 1. The largest absolute Gasteiger partial charge is 0.381 e. The van der Waals surface area contributed by atoms with Gasteiger partial charge in [0.05, 0.1) is 5.69 Å². The molecule has 106 valence electrons. The molecule has 0 aliphatic heterocycles. The van der Waals surface area contributed by atoms with Crippen LogP contribution in [0.4, 0.5) is 14.5 Å². The van der Waals surface area contributed by atoms with Gasteiger partial charge in [0.1, 0.15) is 23.3 Å². The van der Waals surface area contributed by atoms with E-state index in [4.69, 9.17) is 5.26 Å². The monoisotopic (exact) mass is 284 g/mol. The second kappa shape index (κ2) is 5.53. The Morgan fingerprint density at radius 3 is 2.57 bits per heavy atom. The predicted molar refractivity (Wildman–Crippen MR) is 76.9 cm³/mol. The Kier molecular flexibility index (Phi) is 3.57. The van der Waals surface area contributed by atoms with Gasteiger partial charge < -0.3 is 5.32 Å². The van der Waals surface area contributed by atoms with Crippen molar-refractivity contribution in [3.8, 4) is 6.07 Å². The molecule has 4 heteroatoms. The number of rotatable bonds is 3. The second-order valence-corrected chi connectivity index (χ2v) is 5.34. The number of nitrogens with one attached hydrogen (secondary N) is 1. The molecule has 0 atom stereocenters. The first-order valence-corrected chi connectivity index (χ1v) is 6.88. The first kappa shape index (κ1) is 13.6. The molecule has 2 aromatic carbocycles. The van der Waals surface area contributed by atoms with Crippen LogP contribution in [-0.4, -0.2) is 6.04 Å². The highest BCUT2D eigenvalue weighted by Crippen LogP contribution is 2.39. The lowest BCUT2D eigenvalue weighted by molar-refractivity contribution is 0.373. The van der Waals surface area contributed by atoms with E-state index in [0.29, 0.717) is 11.6 Å². The minimum atomic E-state index is -0.511. The first-order valence-electron chi connectivity index (χ1n) is 6.88. The van der Waals surface area contributed by atoms with Crippen LogP contribution >= 0.6 is 0 Å². The molecule has 0 radical (unpaired) electrons. The van der Waals surface area contributed by atoms with E-state index in [0.717, 1.165) is 18.4 Å². The van der Waals surface area contributed by atoms with Crippen LogP contribution in [0.3, 0.4) is 0 Å². The van der Waals surface area contributed by atoms with Gasteiger partial charge in [-0.25, -0.2) is 8.78 Å². The van der Waals surface area contributed by atoms with Crippen LogP contribution in [0.1, 0.15) is 29.9 Å². The van der Waals surface area contributed by atoms with Gasteiger partial charge in [-0.05, 0) is 48.6 Å². The number of benzene rings is 2. The lowest BCUT2D eigenvalue weighted by Crippen LogP contribution is -2.34. The zero-order valence-electron chi connectivity index (χ0n) is 11.3. The van der Waals surface area contributed by atoms with Gasteiger partial charge in [0.25, 0.3) is 0 Å². The smallest absolute Gasteiger partial charge is 0.143 e. The summed E-state index contributed by atoms with van der Waals surface area (Å²) in [5, 5.41) is 12.2. The molecule has 2 aromatic rings. The van der Waals surface area contributed by atoms with Crippen molar-refractivity contribution in [3.63, 3.8) is 0 Å². The van der Waals surface area contributed by atoms with Crippen LogP contribution in [0, 0.1) is 23.0 Å². The Labute approximate surface area is 122 Å². The standard InChI is InChI=1S/C17H14F2N2/c18-13-4-1-3-11(7-13)12-8-14(9-12)21-17-6-2-5-16(19)15(17)10-20/h1-7,12,14,21H,8-9H2. The highest BCUT2D eigenvalue weighted by molar-refractivity contribution is 5.58. The molecule has 1 saturated carbocycles. The van der Waals surface area contributed by atoms with E-state index in [1.165, 1.54) is 12.1 Å². The number of hydrogen-bond acceptors (Lipinski definition) is 2. The fourth-order valence-corrected chi connectivity index (χ4v) is 2.75. The van der Waals surface area contributed by atoms with Crippen LogP contribution in [0.25, 0.3) is 0 Å². The van der Waals surface area contributed by atoms with Gasteiger partial charge in [-0.1, -0.05) is 18.2 Å². The minimum Gasteiger partial charge on any atom is -0.381 e. The summed E-state index contributed by atoms with van der Waals surface area (Å²) >= 11 is 0. The van der Waals surface area contributed by atoms with Crippen LogP contribution in [0.15, 0.2) is 42.5 Å². The molecule has 0 saturated heterocycles. The molecule has 0 unspecified atom stereocenters. The van der Waals surface area contributed by atoms with Crippen LogP contribution in [0.5, 0.6) is 0 Å². The van der Waals surface area contributed by atoms with Gasteiger partial charge >= 0.3 is 0 Å². The average molecular weight is 284 g/mol. The van der Waals surface area contributed by atoms with Crippen molar-refractivity contribution < 1.29 is 8.78 Å². The minimum absolute atomic E-state index is 0.0479. The summed E-state index contributed by atoms with van der Waals surface area (Å²) in [5.74, 6) is -0.415. The maximum Gasteiger partial charge on any atom is 0.143 e. The molecular weight excluding hydrogens is 270 g/mol. The van der Waals surface area contributed by atoms with Crippen molar-refractivity contribution in [3.05, 3.63) is 65.2 Å². The molecule has 1 aliphatic carbocycles. The molecule has 0 amide bonds. The SMILES string of the molecule is N#Cc1c(F)cccc1NC1CC(c2cccc(F)c2)C1. The lowest BCUT2D eigenvalue weighted by Gasteiger charge is -2.37. The zero-order chi connectivity index (χ0) is 14.8. The van der Waals surface area contributed by atoms with E-state index in [1.807, 2.05) is 12.1 Å². The van der Waals surface area contributed by atoms with Crippen molar-refractivity contribution in [2.24, 2.45) is 0 Å². The van der Waals surface area contributed by atoms with Crippen molar-refractivity contribution in [1.29, 1.82) is 5.26 Å². The van der Waals surface area contributed by atoms with Gasteiger partial charge in [0, 0.05) is 6.04 Å². The van der Waals surface area contributed by atoms with Crippen LogP contribution < -0.4 is 5.32 Å². The summed E-state index contributed by atoms with van der Waals surface area (Å²) in [5.41, 5.74) is 1.57. The molecule has 0 bridgehead atoms. The third kappa shape index (κ3) is 2.73. The number of nitrogens with zero attached hydrogens (tertiary/aromatic N) is 1. The molecule has 3 rings (SSSR count). The maximum atomic E-state index is 13.5. The van der Waals surface area contributed by atoms with Gasteiger partial charge in [-0.2, -0.15) is 5.26 Å². The van der Waals surface area contributed by atoms with E-state index < -0.39 is 5.82 Å². The molecule has 21 heavy (non-hydrogen) atoms. The number of halogens is 2. The Hall–Kier alpha value is -2.41. The van der Waals surface area contributed by atoms with Crippen molar-refractivity contribution in [1.82, 2.24) is 0 Å². The van der Waals surface area contributed by atoms with Crippen molar-refractivity contribution in [2.75, 3.05) is 5.32 Å². The molecule has 1 aliphatic rings. The summed E-state index contributed by atoms with van der Waals surface area (Å²) in [7, 11) is 0. The van der Waals surface area contributed by atoms with E-state index in [9.17, 15) is 8.78 Å². The lowest BCUT2D eigenvalue weighted by atomic mass is 9.75.